The summed E-state index contributed by atoms with van der Waals surface area (Å²) in [5.74, 6) is 0.501. The highest BCUT2D eigenvalue weighted by atomic mass is 32.1. The number of thiophene rings is 1. The minimum Gasteiger partial charge on any atom is -0.362 e. The summed E-state index contributed by atoms with van der Waals surface area (Å²) in [7, 11) is 0. The van der Waals surface area contributed by atoms with E-state index in [0.29, 0.717) is 17.9 Å². The van der Waals surface area contributed by atoms with Gasteiger partial charge in [-0.3, -0.25) is 4.79 Å². The Hall–Kier alpha value is -3.04. The zero-order valence-electron chi connectivity index (χ0n) is 16.0. The molecule has 0 saturated carbocycles. The van der Waals surface area contributed by atoms with Crippen molar-refractivity contribution < 1.29 is 4.79 Å². The van der Waals surface area contributed by atoms with Crippen LogP contribution in [0, 0.1) is 25.2 Å². The molecular formula is C22H22N4OS. The Labute approximate surface area is 168 Å². The first-order chi connectivity index (χ1) is 13.6. The van der Waals surface area contributed by atoms with E-state index >= 15 is 0 Å². The Kier molecular flexibility index (Phi) is 4.93. The fourth-order valence-electron chi connectivity index (χ4n) is 3.80. The van der Waals surface area contributed by atoms with Gasteiger partial charge in [-0.25, -0.2) is 0 Å². The molecule has 0 atom stereocenters. The second-order valence-corrected chi connectivity index (χ2v) is 8.09. The number of nitrogens with zero attached hydrogens (tertiary/aromatic N) is 3. The van der Waals surface area contributed by atoms with Gasteiger partial charge >= 0.3 is 0 Å². The average molecular weight is 391 g/mol. The minimum atomic E-state index is -0.0990. The lowest BCUT2D eigenvalue weighted by atomic mass is 10.2. The maximum absolute atomic E-state index is 12.8. The van der Waals surface area contributed by atoms with Crippen molar-refractivity contribution in [3.8, 4) is 6.07 Å². The van der Waals surface area contributed by atoms with Gasteiger partial charge in [0.15, 0.2) is 0 Å². The van der Waals surface area contributed by atoms with Gasteiger partial charge in [-0.2, -0.15) is 5.26 Å². The number of carbonyl (C=O) groups excluding carboxylic acids is 1. The topological polar surface area (TPSA) is 61.1 Å². The third-order valence-electron chi connectivity index (χ3n) is 5.41. The Bertz CT molecular complexity index is 1060. The predicted molar refractivity (Wildman–Crippen MR) is 113 cm³/mol. The van der Waals surface area contributed by atoms with E-state index in [1.807, 2.05) is 42.0 Å². The lowest BCUT2D eigenvalue weighted by Gasteiger charge is -2.19. The SMILES string of the molecule is Cc1c(C#N)c(NC(=O)CN2CCc3ccccc32)n(Cc2cccs2)c1C. The lowest BCUT2D eigenvalue weighted by molar-refractivity contribution is -0.115. The van der Waals surface area contributed by atoms with Crippen molar-refractivity contribution in [2.75, 3.05) is 23.3 Å². The van der Waals surface area contributed by atoms with E-state index in [-0.39, 0.29) is 12.5 Å². The first kappa shape index (κ1) is 18.3. The molecule has 0 fully saturated rings. The maximum Gasteiger partial charge on any atom is 0.245 e. The van der Waals surface area contributed by atoms with Crippen LogP contribution in [0.1, 0.15) is 27.3 Å². The van der Waals surface area contributed by atoms with E-state index < -0.39 is 0 Å². The molecule has 142 valence electrons. The van der Waals surface area contributed by atoms with E-state index in [4.69, 9.17) is 0 Å². The van der Waals surface area contributed by atoms with Crippen LogP contribution in [0.15, 0.2) is 41.8 Å². The number of rotatable bonds is 5. The van der Waals surface area contributed by atoms with Crippen LogP contribution in [0.25, 0.3) is 0 Å². The highest BCUT2D eigenvalue weighted by Gasteiger charge is 2.23. The summed E-state index contributed by atoms with van der Waals surface area (Å²) in [6, 6.07) is 14.6. The Morgan fingerprint density at radius 3 is 2.82 bits per heavy atom. The summed E-state index contributed by atoms with van der Waals surface area (Å²) >= 11 is 1.67. The van der Waals surface area contributed by atoms with Crippen molar-refractivity contribution in [3.05, 3.63) is 69.0 Å². The molecule has 1 amide bonds. The molecule has 0 bridgehead atoms. The molecule has 0 aliphatic carbocycles. The first-order valence-electron chi connectivity index (χ1n) is 9.33. The van der Waals surface area contributed by atoms with Gasteiger partial charge in [0.25, 0.3) is 0 Å². The van der Waals surface area contributed by atoms with E-state index in [9.17, 15) is 10.1 Å². The Morgan fingerprint density at radius 2 is 2.07 bits per heavy atom. The van der Waals surface area contributed by atoms with Gasteiger partial charge < -0.3 is 14.8 Å². The number of benzene rings is 1. The lowest BCUT2D eigenvalue weighted by Crippen LogP contribution is -2.32. The highest BCUT2D eigenvalue weighted by molar-refractivity contribution is 7.09. The molecular weight excluding hydrogens is 368 g/mol. The van der Waals surface area contributed by atoms with Crippen LogP contribution < -0.4 is 10.2 Å². The standard InChI is InChI=1S/C22H22N4OS/c1-15-16(2)26(13-18-7-5-11-28-18)22(19(15)12-23)24-21(27)14-25-10-9-17-6-3-4-8-20(17)25/h3-8,11H,9-10,13-14H2,1-2H3,(H,24,27). The van der Waals surface area contributed by atoms with Gasteiger partial charge in [0.1, 0.15) is 11.9 Å². The molecule has 5 nitrogen and oxygen atoms in total. The summed E-state index contributed by atoms with van der Waals surface area (Å²) in [4.78, 5) is 16.1. The monoisotopic (exact) mass is 390 g/mol. The van der Waals surface area contributed by atoms with Crippen molar-refractivity contribution in [1.29, 1.82) is 5.26 Å². The van der Waals surface area contributed by atoms with Crippen LogP contribution in [0.4, 0.5) is 11.5 Å². The van der Waals surface area contributed by atoms with Crippen molar-refractivity contribution in [1.82, 2.24) is 4.57 Å². The number of carbonyl (C=O) groups is 1. The first-order valence-corrected chi connectivity index (χ1v) is 10.2. The number of anilines is 2. The van der Waals surface area contributed by atoms with Crippen LogP contribution >= 0.6 is 11.3 Å². The second-order valence-electron chi connectivity index (χ2n) is 7.06. The molecule has 1 N–H and O–H groups in total. The molecule has 1 aromatic carbocycles. The molecule has 0 radical (unpaired) electrons. The highest BCUT2D eigenvalue weighted by Crippen LogP contribution is 2.29. The number of nitrogens with one attached hydrogen (secondary N) is 1. The van der Waals surface area contributed by atoms with Crippen LogP contribution in [-0.2, 0) is 17.8 Å². The zero-order chi connectivity index (χ0) is 19.7. The van der Waals surface area contributed by atoms with Crippen LogP contribution in [-0.4, -0.2) is 23.6 Å². The molecule has 1 aliphatic heterocycles. The third-order valence-corrected chi connectivity index (χ3v) is 6.27. The number of amides is 1. The molecule has 0 saturated heterocycles. The maximum atomic E-state index is 12.8. The second kappa shape index (κ2) is 7.53. The largest absolute Gasteiger partial charge is 0.362 e. The smallest absolute Gasteiger partial charge is 0.245 e. The van der Waals surface area contributed by atoms with E-state index in [2.05, 4.69) is 34.5 Å². The summed E-state index contributed by atoms with van der Waals surface area (Å²) in [6.07, 6.45) is 0.958. The quantitative estimate of drug-likeness (QED) is 0.714. The summed E-state index contributed by atoms with van der Waals surface area (Å²) in [5.41, 5.74) is 4.87. The fourth-order valence-corrected chi connectivity index (χ4v) is 4.49. The van der Waals surface area contributed by atoms with E-state index in [1.54, 1.807) is 11.3 Å². The molecule has 4 rings (SSSR count). The molecule has 3 aromatic rings. The van der Waals surface area contributed by atoms with Gasteiger partial charge in [0, 0.05) is 22.8 Å². The molecule has 0 spiro atoms. The molecule has 6 heteroatoms. The van der Waals surface area contributed by atoms with Crippen molar-refractivity contribution >= 4 is 28.7 Å². The molecule has 0 unspecified atom stereocenters. The Morgan fingerprint density at radius 1 is 1.25 bits per heavy atom. The Balaban J connectivity index is 1.58. The number of nitriles is 1. The average Bonchev–Trinajstić information content (AvgIpc) is 3.39. The van der Waals surface area contributed by atoms with Crippen LogP contribution in [0.3, 0.4) is 0 Å². The van der Waals surface area contributed by atoms with Crippen molar-refractivity contribution in [2.45, 2.75) is 26.8 Å². The van der Waals surface area contributed by atoms with Gasteiger partial charge in [-0.1, -0.05) is 24.3 Å². The van der Waals surface area contributed by atoms with Crippen LogP contribution in [0.5, 0.6) is 0 Å². The number of hydrogen-bond donors (Lipinski definition) is 1. The van der Waals surface area contributed by atoms with E-state index in [1.165, 1.54) is 10.4 Å². The molecule has 2 aromatic heterocycles. The van der Waals surface area contributed by atoms with Crippen molar-refractivity contribution in [2.24, 2.45) is 0 Å². The molecule has 28 heavy (non-hydrogen) atoms. The van der Waals surface area contributed by atoms with Gasteiger partial charge in [-0.15, -0.1) is 11.3 Å². The number of hydrogen-bond acceptors (Lipinski definition) is 4. The van der Waals surface area contributed by atoms with Gasteiger partial charge in [0.05, 0.1) is 18.7 Å². The van der Waals surface area contributed by atoms with Crippen molar-refractivity contribution in [3.63, 3.8) is 0 Å². The normalized spacial score (nSPS) is 12.7. The zero-order valence-corrected chi connectivity index (χ0v) is 16.8. The fraction of sp³-hybridized carbons (Fsp3) is 0.273. The summed E-state index contributed by atoms with van der Waals surface area (Å²) < 4.78 is 2.04. The minimum absolute atomic E-state index is 0.0990. The number of para-hydroxylation sites is 1. The number of aromatic nitrogens is 1. The number of fused-ring (bicyclic) bond motifs is 1. The van der Waals surface area contributed by atoms with Gasteiger partial charge in [-0.05, 0) is 48.9 Å². The summed E-state index contributed by atoms with van der Waals surface area (Å²) in [5, 5.41) is 14.7. The third kappa shape index (κ3) is 3.30. The summed E-state index contributed by atoms with van der Waals surface area (Å²) in [6.45, 7) is 5.70. The molecule has 3 heterocycles. The predicted octanol–water partition coefficient (Wildman–Crippen LogP) is 4.09. The van der Waals surface area contributed by atoms with E-state index in [0.717, 1.165) is 29.9 Å². The van der Waals surface area contributed by atoms with Gasteiger partial charge in [0.2, 0.25) is 5.91 Å². The van der Waals surface area contributed by atoms with Crippen LogP contribution in [0.2, 0.25) is 0 Å². The molecule has 1 aliphatic rings.